The van der Waals surface area contributed by atoms with Crippen LogP contribution < -0.4 is 21.9 Å². The molecular formula is C33H59FN4O18. The zero-order chi connectivity index (χ0) is 41.5. The normalized spacial score (nSPS) is 36.8. The van der Waals surface area contributed by atoms with Crippen LogP contribution in [-0.4, -0.2) is 201 Å². The lowest BCUT2D eigenvalue weighted by Crippen LogP contribution is -2.64. The molecule has 0 aromatic carbocycles. The highest BCUT2D eigenvalue weighted by atomic mass is 19.1. The molecule has 56 heavy (non-hydrogen) atoms. The second-order valence-corrected chi connectivity index (χ2v) is 13.9. The number of hydrogen-bond donors (Lipinski definition) is 13. The van der Waals surface area contributed by atoms with E-state index in [9.17, 15) is 60.3 Å². The molecule has 0 bridgehead atoms. The Morgan fingerprint density at radius 3 is 1.88 bits per heavy atom. The molecule has 3 aliphatic heterocycles. The van der Waals surface area contributed by atoms with Crippen LogP contribution in [0.1, 0.15) is 51.9 Å². The molecule has 22 nitrogen and oxygen atoms in total. The second-order valence-electron chi connectivity index (χ2n) is 13.9. The summed E-state index contributed by atoms with van der Waals surface area (Å²) in [6.07, 6.45) is -23.9. The minimum absolute atomic E-state index is 0.0418. The molecule has 0 aromatic heterocycles. The van der Waals surface area contributed by atoms with Gasteiger partial charge in [-0.15, -0.1) is 0 Å². The third-order valence-electron chi connectivity index (χ3n) is 9.60. The summed E-state index contributed by atoms with van der Waals surface area (Å²) in [6, 6.07) is -0.535. The van der Waals surface area contributed by atoms with Gasteiger partial charge in [0.15, 0.2) is 25.0 Å². The number of carbonyl (C=O) groups excluding carboxylic acids is 3. The molecule has 2 amide bonds. The van der Waals surface area contributed by atoms with Gasteiger partial charge in [-0.05, 0) is 39.2 Å². The fraction of sp³-hybridized carbons (Fsp3) is 0.909. The van der Waals surface area contributed by atoms with Gasteiger partial charge in [0, 0.05) is 19.4 Å². The third-order valence-corrected chi connectivity index (χ3v) is 9.60. The van der Waals surface area contributed by atoms with Gasteiger partial charge in [0.2, 0.25) is 11.8 Å². The van der Waals surface area contributed by atoms with Crippen molar-refractivity contribution in [3.63, 3.8) is 0 Å². The largest absolute Gasteiger partial charge is 0.394 e. The van der Waals surface area contributed by atoms with E-state index >= 15 is 4.39 Å². The molecule has 3 saturated heterocycles. The Hall–Kier alpha value is -2.14. The van der Waals surface area contributed by atoms with Gasteiger partial charge in [-0.25, -0.2) is 9.82 Å². The molecule has 0 saturated carbocycles. The standard InChI is InChI=1S/C33H59FN4O18/c1-15(41)16(6-4-5-9-35)37-38-21(43)8-3-2-7-20(42)36-10-11-51-31-22(34)30(56-33-29(50)27(48)24(45)18(13-40)54-33)25(46)19(55-31)14-52-32-28(49)26(47)23(44)17(12-39)53-32/h16-19,22-33,37,39-40,44-50H,2-14,35H2,1H3,(H,36,42)(H,38,43)/t16-,17+,18+,19+,22-,23+,24+,25+,26-,27-,28-,29-,30+,31-,32-,33+/m0/s1. The number of hydrogen-bond acceptors (Lipinski definition) is 20. The van der Waals surface area contributed by atoms with Crippen molar-refractivity contribution in [2.45, 2.75) is 150 Å². The third kappa shape index (κ3) is 13.7. The van der Waals surface area contributed by atoms with E-state index in [1.165, 1.54) is 6.92 Å². The van der Waals surface area contributed by atoms with Crippen molar-refractivity contribution in [2.75, 3.05) is 39.5 Å². The van der Waals surface area contributed by atoms with Crippen LogP contribution in [0.2, 0.25) is 0 Å². The van der Waals surface area contributed by atoms with Crippen molar-refractivity contribution in [1.82, 2.24) is 16.2 Å². The van der Waals surface area contributed by atoms with Crippen molar-refractivity contribution >= 4 is 17.6 Å². The SMILES string of the molecule is CC(=O)[C@H](CCCCN)NNC(=O)CCCCC(=O)NCCO[C@H]1O[C@H](CO[C@H]2O[C@H](CO)[C@@H](O)[C@H](O)[C@@H]2O)[C@@H](O)[C@H](O[C@H]2O[C@H](CO)[C@@H](O)[C@H](O)[C@@H]2O)[C@@H]1F. The maximum absolute atomic E-state index is 15.9. The van der Waals surface area contributed by atoms with Crippen LogP contribution in [0.15, 0.2) is 0 Å². The van der Waals surface area contributed by atoms with Crippen molar-refractivity contribution < 1.29 is 93.2 Å². The van der Waals surface area contributed by atoms with E-state index in [1.807, 2.05) is 0 Å². The minimum Gasteiger partial charge on any atom is -0.394 e. The molecular weight excluding hydrogens is 759 g/mol. The number of amides is 2. The fourth-order valence-corrected chi connectivity index (χ4v) is 6.16. The van der Waals surface area contributed by atoms with Gasteiger partial charge in [-0.2, -0.15) is 0 Å². The first-order valence-electron chi connectivity index (χ1n) is 18.6. The van der Waals surface area contributed by atoms with Crippen LogP contribution in [-0.2, 0) is 42.8 Å². The molecule has 23 heteroatoms. The molecule has 0 aromatic rings. The van der Waals surface area contributed by atoms with Crippen molar-refractivity contribution in [3.05, 3.63) is 0 Å². The number of ketones is 1. The van der Waals surface area contributed by atoms with Gasteiger partial charge in [-0.3, -0.25) is 19.8 Å². The Morgan fingerprint density at radius 1 is 0.714 bits per heavy atom. The molecule has 326 valence electrons. The van der Waals surface area contributed by atoms with Gasteiger partial charge in [-0.1, -0.05) is 6.42 Å². The van der Waals surface area contributed by atoms with E-state index in [4.69, 9.17) is 34.2 Å². The summed E-state index contributed by atoms with van der Waals surface area (Å²) in [5, 5.41) is 93.9. The van der Waals surface area contributed by atoms with Crippen molar-refractivity contribution in [2.24, 2.45) is 5.73 Å². The molecule has 3 aliphatic rings. The molecule has 0 unspecified atom stereocenters. The molecule has 3 heterocycles. The lowest BCUT2D eigenvalue weighted by molar-refractivity contribution is -0.359. The Bertz CT molecular complexity index is 1200. The summed E-state index contributed by atoms with van der Waals surface area (Å²) < 4.78 is 48.6. The number of aliphatic hydroxyl groups excluding tert-OH is 9. The Labute approximate surface area is 322 Å². The van der Waals surface area contributed by atoms with Crippen LogP contribution in [0.3, 0.4) is 0 Å². The zero-order valence-electron chi connectivity index (χ0n) is 31.1. The molecule has 3 fully saturated rings. The number of unbranched alkanes of at least 4 members (excludes halogenated alkanes) is 2. The summed E-state index contributed by atoms with van der Waals surface area (Å²) >= 11 is 0. The molecule has 0 spiro atoms. The molecule has 0 aliphatic carbocycles. The molecule has 0 radical (unpaired) electrons. The van der Waals surface area contributed by atoms with Crippen LogP contribution >= 0.6 is 0 Å². The van der Waals surface area contributed by atoms with E-state index in [-0.39, 0.29) is 37.7 Å². The van der Waals surface area contributed by atoms with Crippen molar-refractivity contribution in [3.8, 4) is 0 Å². The summed E-state index contributed by atoms with van der Waals surface area (Å²) in [6.45, 7) is -0.830. The fourth-order valence-electron chi connectivity index (χ4n) is 6.16. The van der Waals surface area contributed by atoms with Gasteiger partial charge in [0.05, 0.1) is 32.5 Å². The lowest BCUT2D eigenvalue weighted by Gasteiger charge is -2.46. The summed E-state index contributed by atoms with van der Waals surface area (Å²) in [4.78, 5) is 36.3. The highest BCUT2D eigenvalue weighted by molar-refractivity contribution is 5.82. The zero-order valence-corrected chi connectivity index (χ0v) is 31.1. The van der Waals surface area contributed by atoms with Gasteiger partial charge in [0.1, 0.15) is 72.9 Å². The van der Waals surface area contributed by atoms with Gasteiger partial charge < -0.3 is 85.4 Å². The number of aliphatic hydroxyl groups is 9. The number of alkyl halides is 1. The highest BCUT2D eigenvalue weighted by Crippen LogP contribution is 2.32. The number of carbonyl (C=O) groups is 3. The second kappa shape index (κ2) is 24.1. The van der Waals surface area contributed by atoms with Crippen LogP contribution in [0, 0.1) is 0 Å². The smallest absolute Gasteiger partial charge is 0.234 e. The maximum atomic E-state index is 15.9. The Morgan fingerprint density at radius 2 is 1.29 bits per heavy atom. The number of hydrazine groups is 1. The number of ether oxygens (including phenoxy) is 6. The van der Waals surface area contributed by atoms with Crippen LogP contribution in [0.25, 0.3) is 0 Å². The first kappa shape index (κ1) is 48.2. The Balaban J connectivity index is 1.53. The monoisotopic (exact) mass is 818 g/mol. The average molecular weight is 819 g/mol. The highest BCUT2D eigenvalue weighted by Gasteiger charge is 2.52. The van der Waals surface area contributed by atoms with E-state index < -0.39 is 124 Å². The summed E-state index contributed by atoms with van der Waals surface area (Å²) in [5.41, 5.74) is 10.7. The van der Waals surface area contributed by atoms with Gasteiger partial charge >= 0.3 is 0 Å². The topological polar surface area (TPSA) is 351 Å². The number of rotatable bonds is 23. The number of nitrogens with one attached hydrogen (secondary N) is 3. The number of Topliss-reactive ketones (excluding diaryl/α,β-unsaturated/α-hetero) is 1. The maximum Gasteiger partial charge on any atom is 0.234 e. The first-order valence-corrected chi connectivity index (χ1v) is 18.6. The van der Waals surface area contributed by atoms with Crippen LogP contribution in [0.4, 0.5) is 4.39 Å². The molecule has 3 rings (SSSR count). The molecule has 14 N–H and O–H groups in total. The van der Waals surface area contributed by atoms with E-state index in [2.05, 4.69) is 16.2 Å². The predicted molar refractivity (Wildman–Crippen MR) is 184 cm³/mol. The first-order chi connectivity index (χ1) is 26.6. The van der Waals surface area contributed by atoms with E-state index in [0.29, 0.717) is 25.8 Å². The minimum atomic E-state index is -2.33. The van der Waals surface area contributed by atoms with Gasteiger partial charge in [0.25, 0.3) is 0 Å². The van der Waals surface area contributed by atoms with Crippen molar-refractivity contribution in [1.29, 1.82) is 0 Å². The number of halogens is 1. The van der Waals surface area contributed by atoms with E-state index in [0.717, 1.165) is 12.8 Å². The summed E-state index contributed by atoms with van der Waals surface area (Å²) in [5.74, 6) is -0.886. The summed E-state index contributed by atoms with van der Waals surface area (Å²) in [7, 11) is 0. The Kier molecular flexibility index (Phi) is 20.7. The lowest BCUT2D eigenvalue weighted by atomic mass is 9.97. The average Bonchev–Trinajstić information content (AvgIpc) is 3.17. The van der Waals surface area contributed by atoms with Crippen LogP contribution in [0.5, 0.6) is 0 Å². The number of nitrogens with two attached hydrogens (primary N) is 1. The van der Waals surface area contributed by atoms with E-state index in [1.54, 1.807) is 0 Å². The quantitative estimate of drug-likeness (QED) is 0.0337. The molecule has 16 atom stereocenters. The predicted octanol–water partition coefficient (Wildman–Crippen LogP) is -6.19.